The number of carbonyl (C=O) groups is 1. The summed E-state index contributed by atoms with van der Waals surface area (Å²) in [5, 5.41) is 0. The fraction of sp³-hybridized carbons (Fsp3) is 0.550. The Kier molecular flexibility index (Phi) is 6.06. The Morgan fingerprint density at radius 3 is 2.57 bits per heavy atom. The maximum absolute atomic E-state index is 12.1. The number of nitrogens with two attached hydrogens (primary N) is 1. The number of ether oxygens (including phenoxy) is 1. The molecule has 0 saturated carbocycles. The van der Waals surface area contributed by atoms with E-state index in [-0.39, 0.29) is 6.09 Å². The summed E-state index contributed by atoms with van der Waals surface area (Å²) in [6.45, 7) is 9.64. The van der Waals surface area contributed by atoms with Gasteiger partial charge in [-0.05, 0) is 39.3 Å². The summed E-state index contributed by atoms with van der Waals surface area (Å²) >= 11 is 0. The Bertz CT molecular complexity index is 831. The minimum Gasteiger partial charge on any atom is -0.444 e. The lowest BCUT2D eigenvalue weighted by molar-refractivity contribution is 0.0186. The standard InChI is InChI=1S/C20H30N6O2/c1-20(2,3)28-19(27)25-13-11-24(12-14-25)18(21)22-9-6-10-26-15-23-16-7-4-5-8-17(16)26/h4-5,7-8,15H,6,9-14H2,1-3H3,(H2,21,22). The third-order valence-electron chi connectivity index (χ3n) is 4.61. The lowest BCUT2D eigenvalue weighted by Gasteiger charge is -2.36. The molecule has 0 radical (unpaired) electrons. The fourth-order valence-corrected chi connectivity index (χ4v) is 3.17. The van der Waals surface area contributed by atoms with Crippen LogP contribution >= 0.6 is 0 Å². The zero-order chi connectivity index (χ0) is 20.1. The van der Waals surface area contributed by atoms with Crippen molar-refractivity contribution in [3.8, 4) is 0 Å². The molecule has 2 N–H and O–H groups in total. The van der Waals surface area contributed by atoms with Crippen molar-refractivity contribution in [1.29, 1.82) is 0 Å². The van der Waals surface area contributed by atoms with Crippen LogP contribution in [0.1, 0.15) is 27.2 Å². The van der Waals surface area contributed by atoms with Gasteiger partial charge in [0.1, 0.15) is 5.60 Å². The maximum Gasteiger partial charge on any atom is 0.410 e. The van der Waals surface area contributed by atoms with Crippen molar-refractivity contribution < 1.29 is 9.53 Å². The van der Waals surface area contributed by atoms with Gasteiger partial charge in [0, 0.05) is 39.3 Å². The van der Waals surface area contributed by atoms with Crippen molar-refractivity contribution in [3.63, 3.8) is 0 Å². The number of aliphatic imine (C=N–C) groups is 1. The second kappa shape index (κ2) is 8.50. The van der Waals surface area contributed by atoms with Crippen LogP contribution in [0.15, 0.2) is 35.6 Å². The molecule has 8 nitrogen and oxygen atoms in total. The first kappa shape index (κ1) is 20.0. The summed E-state index contributed by atoms with van der Waals surface area (Å²) in [6, 6.07) is 8.10. The quantitative estimate of drug-likeness (QED) is 0.495. The van der Waals surface area contributed by atoms with Gasteiger partial charge in [0.05, 0.1) is 17.4 Å². The predicted molar refractivity (Wildman–Crippen MR) is 110 cm³/mol. The molecule has 1 aromatic carbocycles. The molecule has 8 heteroatoms. The van der Waals surface area contributed by atoms with Gasteiger partial charge in [0.25, 0.3) is 0 Å². The van der Waals surface area contributed by atoms with Gasteiger partial charge in [0.15, 0.2) is 5.96 Å². The van der Waals surface area contributed by atoms with Crippen LogP contribution in [0.3, 0.4) is 0 Å². The highest BCUT2D eigenvalue weighted by Crippen LogP contribution is 2.13. The summed E-state index contributed by atoms with van der Waals surface area (Å²) in [5.74, 6) is 0.541. The average Bonchev–Trinajstić information content (AvgIpc) is 3.07. The van der Waals surface area contributed by atoms with E-state index in [4.69, 9.17) is 10.5 Å². The summed E-state index contributed by atoms with van der Waals surface area (Å²) in [4.78, 5) is 24.8. The molecule has 1 fully saturated rings. The van der Waals surface area contributed by atoms with E-state index < -0.39 is 5.60 Å². The molecule has 2 heterocycles. The third kappa shape index (κ3) is 5.15. The number of hydrogen-bond donors (Lipinski definition) is 1. The summed E-state index contributed by atoms with van der Waals surface area (Å²) in [6.07, 6.45) is 2.49. The summed E-state index contributed by atoms with van der Waals surface area (Å²) in [5.41, 5.74) is 7.81. The van der Waals surface area contributed by atoms with Gasteiger partial charge in [-0.1, -0.05) is 12.1 Å². The Morgan fingerprint density at radius 2 is 1.86 bits per heavy atom. The van der Waals surface area contributed by atoms with E-state index in [0.29, 0.717) is 38.7 Å². The lowest BCUT2D eigenvalue weighted by atomic mass is 10.2. The molecule has 0 spiro atoms. The van der Waals surface area contributed by atoms with Crippen LogP contribution in [0.2, 0.25) is 0 Å². The Balaban J connectivity index is 1.43. The zero-order valence-electron chi connectivity index (χ0n) is 17.0. The van der Waals surface area contributed by atoms with Crippen LogP contribution < -0.4 is 5.73 Å². The number of rotatable bonds is 4. The number of imidazole rings is 1. The number of guanidine groups is 1. The first-order chi connectivity index (χ1) is 13.3. The minimum atomic E-state index is -0.477. The number of nitrogens with zero attached hydrogens (tertiary/aromatic N) is 5. The average molecular weight is 387 g/mol. The topological polar surface area (TPSA) is 89.0 Å². The van der Waals surface area contributed by atoms with Crippen LogP contribution in [0.25, 0.3) is 11.0 Å². The van der Waals surface area contributed by atoms with Crippen LogP contribution in [-0.2, 0) is 11.3 Å². The van der Waals surface area contributed by atoms with E-state index in [0.717, 1.165) is 24.0 Å². The molecule has 2 aromatic rings. The summed E-state index contributed by atoms with van der Waals surface area (Å²) in [7, 11) is 0. The number of hydrogen-bond acceptors (Lipinski definition) is 4. The molecule has 0 unspecified atom stereocenters. The van der Waals surface area contributed by atoms with Crippen molar-refractivity contribution in [1.82, 2.24) is 19.4 Å². The van der Waals surface area contributed by atoms with E-state index in [1.807, 2.05) is 50.2 Å². The molecule has 1 aliphatic heterocycles. The number of fused-ring (bicyclic) bond motifs is 1. The minimum absolute atomic E-state index is 0.268. The molecule has 0 bridgehead atoms. The first-order valence-corrected chi connectivity index (χ1v) is 9.76. The Labute approximate surface area is 166 Å². The maximum atomic E-state index is 12.1. The number of amides is 1. The molecule has 152 valence electrons. The normalized spacial score (nSPS) is 15.9. The monoisotopic (exact) mass is 386 g/mol. The van der Waals surface area contributed by atoms with Crippen LogP contribution in [0, 0.1) is 0 Å². The Hall–Kier alpha value is -2.77. The second-order valence-electron chi connectivity index (χ2n) is 7.97. The number of piperazine rings is 1. The van der Waals surface area contributed by atoms with Crippen LogP contribution in [0.4, 0.5) is 4.79 Å². The SMILES string of the molecule is CC(C)(C)OC(=O)N1CCN(C(N)=NCCCn2cnc3ccccc32)CC1. The van der Waals surface area contributed by atoms with E-state index >= 15 is 0 Å². The van der Waals surface area contributed by atoms with Gasteiger partial charge in [-0.3, -0.25) is 4.99 Å². The van der Waals surface area contributed by atoms with Crippen LogP contribution in [0.5, 0.6) is 0 Å². The van der Waals surface area contributed by atoms with Crippen molar-refractivity contribution in [2.75, 3.05) is 32.7 Å². The molecule has 3 rings (SSSR count). The van der Waals surface area contributed by atoms with Gasteiger partial charge in [-0.25, -0.2) is 9.78 Å². The highest BCUT2D eigenvalue weighted by atomic mass is 16.6. The van der Waals surface area contributed by atoms with Gasteiger partial charge in [0.2, 0.25) is 0 Å². The second-order valence-corrected chi connectivity index (χ2v) is 7.97. The first-order valence-electron chi connectivity index (χ1n) is 9.76. The largest absolute Gasteiger partial charge is 0.444 e. The Morgan fingerprint density at radius 1 is 1.18 bits per heavy atom. The molecule has 1 aliphatic rings. The molecule has 28 heavy (non-hydrogen) atoms. The van der Waals surface area contributed by atoms with E-state index in [9.17, 15) is 4.79 Å². The molecular formula is C20H30N6O2. The molecule has 1 amide bonds. The van der Waals surface area contributed by atoms with E-state index in [2.05, 4.69) is 20.6 Å². The number of carbonyl (C=O) groups excluding carboxylic acids is 1. The molecule has 1 aromatic heterocycles. The number of aryl methyl sites for hydroxylation is 1. The molecular weight excluding hydrogens is 356 g/mol. The summed E-state index contributed by atoms with van der Waals surface area (Å²) < 4.78 is 7.56. The number of benzene rings is 1. The fourth-order valence-electron chi connectivity index (χ4n) is 3.17. The van der Waals surface area contributed by atoms with E-state index in [1.54, 1.807) is 4.90 Å². The molecule has 0 aliphatic carbocycles. The predicted octanol–water partition coefficient (Wildman–Crippen LogP) is 2.29. The van der Waals surface area contributed by atoms with Crippen molar-refractivity contribution in [2.45, 2.75) is 39.3 Å². The third-order valence-corrected chi connectivity index (χ3v) is 4.61. The molecule has 0 atom stereocenters. The van der Waals surface area contributed by atoms with Gasteiger partial charge in [-0.2, -0.15) is 0 Å². The highest BCUT2D eigenvalue weighted by molar-refractivity contribution is 5.78. The van der Waals surface area contributed by atoms with Crippen molar-refractivity contribution >= 4 is 23.1 Å². The van der Waals surface area contributed by atoms with Crippen molar-refractivity contribution in [2.24, 2.45) is 10.7 Å². The van der Waals surface area contributed by atoms with Gasteiger partial charge < -0.3 is 24.8 Å². The van der Waals surface area contributed by atoms with Crippen LogP contribution in [-0.4, -0.2) is 69.7 Å². The number of aromatic nitrogens is 2. The van der Waals surface area contributed by atoms with Gasteiger partial charge >= 0.3 is 6.09 Å². The highest BCUT2D eigenvalue weighted by Gasteiger charge is 2.26. The lowest BCUT2D eigenvalue weighted by Crippen LogP contribution is -2.53. The zero-order valence-corrected chi connectivity index (χ0v) is 17.0. The number of para-hydroxylation sites is 2. The van der Waals surface area contributed by atoms with E-state index in [1.165, 1.54) is 0 Å². The van der Waals surface area contributed by atoms with Crippen molar-refractivity contribution in [3.05, 3.63) is 30.6 Å². The van der Waals surface area contributed by atoms with Gasteiger partial charge in [-0.15, -0.1) is 0 Å². The smallest absolute Gasteiger partial charge is 0.410 e. The molecule has 1 saturated heterocycles.